The molecular formula is C15H19N5O2. The van der Waals surface area contributed by atoms with E-state index in [2.05, 4.69) is 15.5 Å². The number of amides is 1. The Morgan fingerprint density at radius 2 is 1.95 bits per heavy atom. The molecule has 1 aromatic carbocycles. The molecule has 0 unspecified atom stereocenters. The van der Waals surface area contributed by atoms with Gasteiger partial charge in [-0.2, -0.15) is 0 Å². The summed E-state index contributed by atoms with van der Waals surface area (Å²) in [5.41, 5.74) is 1.13. The van der Waals surface area contributed by atoms with Crippen LogP contribution >= 0.6 is 0 Å². The third-order valence-electron chi connectivity index (χ3n) is 3.71. The molecule has 22 heavy (non-hydrogen) atoms. The van der Waals surface area contributed by atoms with E-state index in [0.717, 1.165) is 11.4 Å². The summed E-state index contributed by atoms with van der Waals surface area (Å²) in [4.78, 5) is 14.0. The van der Waals surface area contributed by atoms with Crippen LogP contribution < -0.4 is 0 Å². The lowest BCUT2D eigenvalue weighted by atomic mass is 10.2. The van der Waals surface area contributed by atoms with E-state index < -0.39 is 0 Å². The highest BCUT2D eigenvalue weighted by molar-refractivity contribution is 5.76. The molecule has 0 aliphatic carbocycles. The lowest BCUT2D eigenvalue weighted by Gasteiger charge is -2.26. The van der Waals surface area contributed by atoms with Crippen molar-refractivity contribution in [1.29, 1.82) is 0 Å². The molecule has 2 heterocycles. The second kappa shape index (κ2) is 7.13. The van der Waals surface area contributed by atoms with Crippen molar-refractivity contribution >= 4 is 5.91 Å². The minimum atomic E-state index is 0.137. The molecule has 7 nitrogen and oxygen atoms in total. The molecule has 2 aromatic rings. The van der Waals surface area contributed by atoms with Crippen LogP contribution in [0.4, 0.5) is 0 Å². The zero-order valence-corrected chi connectivity index (χ0v) is 12.4. The maximum atomic E-state index is 12.2. The number of carbonyl (C=O) groups excluding carboxylic acids is 1. The van der Waals surface area contributed by atoms with Crippen LogP contribution in [-0.4, -0.2) is 57.3 Å². The van der Waals surface area contributed by atoms with Crippen LogP contribution in [0, 0.1) is 0 Å². The van der Waals surface area contributed by atoms with E-state index in [0.29, 0.717) is 45.7 Å². The average molecular weight is 301 g/mol. The first kappa shape index (κ1) is 14.6. The lowest BCUT2D eigenvalue weighted by molar-refractivity contribution is -0.135. The number of benzene rings is 1. The van der Waals surface area contributed by atoms with Gasteiger partial charge in [0.1, 0.15) is 0 Å². The molecule has 1 aliphatic rings. The Kier molecular flexibility index (Phi) is 4.75. The van der Waals surface area contributed by atoms with Gasteiger partial charge in [0.2, 0.25) is 5.91 Å². The Bertz CT molecular complexity index is 607. The highest BCUT2D eigenvalue weighted by atomic mass is 16.5. The van der Waals surface area contributed by atoms with Gasteiger partial charge in [-0.3, -0.25) is 4.79 Å². The summed E-state index contributed by atoms with van der Waals surface area (Å²) in [6.45, 7) is 3.21. The molecule has 0 saturated carbocycles. The Balaban J connectivity index is 1.57. The molecule has 116 valence electrons. The normalized spacial score (nSPS) is 15.0. The first-order valence-electron chi connectivity index (χ1n) is 7.47. The molecule has 3 rings (SSSR count). The second-order valence-corrected chi connectivity index (χ2v) is 5.23. The maximum Gasteiger partial charge on any atom is 0.223 e. The van der Waals surface area contributed by atoms with Gasteiger partial charge in [0.05, 0.1) is 19.8 Å². The van der Waals surface area contributed by atoms with Gasteiger partial charge in [0.15, 0.2) is 5.82 Å². The topological polar surface area (TPSA) is 73.1 Å². The smallest absolute Gasteiger partial charge is 0.223 e. The summed E-state index contributed by atoms with van der Waals surface area (Å²) in [5, 5.41) is 11.8. The van der Waals surface area contributed by atoms with Gasteiger partial charge >= 0.3 is 0 Å². The number of aromatic nitrogens is 4. The monoisotopic (exact) mass is 301 g/mol. The first-order valence-corrected chi connectivity index (χ1v) is 7.47. The van der Waals surface area contributed by atoms with Crippen LogP contribution in [0.5, 0.6) is 0 Å². The van der Waals surface area contributed by atoms with Crippen LogP contribution in [-0.2, 0) is 22.5 Å². The number of hydrogen-bond donors (Lipinski definition) is 0. The predicted molar refractivity (Wildman–Crippen MR) is 79.1 cm³/mol. The number of carbonyl (C=O) groups is 1. The van der Waals surface area contributed by atoms with Crippen molar-refractivity contribution in [3.05, 3.63) is 41.7 Å². The number of tetrazole rings is 1. The molecule has 0 radical (unpaired) electrons. The Morgan fingerprint density at radius 3 is 2.73 bits per heavy atom. The Morgan fingerprint density at radius 1 is 1.18 bits per heavy atom. The van der Waals surface area contributed by atoms with E-state index in [1.807, 2.05) is 35.2 Å². The highest BCUT2D eigenvalue weighted by Crippen LogP contribution is 2.07. The van der Waals surface area contributed by atoms with Crippen molar-refractivity contribution < 1.29 is 9.53 Å². The lowest BCUT2D eigenvalue weighted by Crippen LogP contribution is -2.40. The van der Waals surface area contributed by atoms with Crippen molar-refractivity contribution in [3.8, 4) is 0 Å². The molecule has 1 amide bonds. The maximum absolute atomic E-state index is 12.2. The van der Waals surface area contributed by atoms with E-state index in [1.54, 1.807) is 4.68 Å². The molecule has 0 N–H and O–H groups in total. The summed E-state index contributed by atoms with van der Waals surface area (Å²) < 4.78 is 7.01. The van der Waals surface area contributed by atoms with E-state index in [-0.39, 0.29) is 5.91 Å². The molecule has 1 aliphatic heterocycles. The van der Waals surface area contributed by atoms with Gasteiger partial charge in [-0.05, 0) is 16.0 Å². The number of ether oxygens (including phenoxy) is 1. The van der Waals surface area contributed by atoms with Crippen LogP contribution in [0.3, 0.4) is 0 Å². The van der Waals surface area contributed by atoms with E-state index in [4.69, 9.17) is 4.74 Å². The van der Waals surface area contributed by atoms with Crippen molar-refractivity contribution in [3.63, 3.8) is 0 Å². The van der Waals surface area contributed by atoms with Crippen molar-refractivity contribution in [2.24, 2.45) is 0 Å². The van der Waals surface area contributed by atoms with Crippen molar-refractivity contribution in [2.45, 2.75) is 19.4 Å². The third kappa shape index (κ3) is 3.67. The summed E-state index contributed by atoms with van der Waals surface area (Å²) >= 11 is 0. The van der Waals surface area contributed by atoms with Crippen molar-refractivity contribution in [2.75, 3.05) is 26.3 Å². The van der Waals surface area contributed by atoms with Crippen LogP contribution in [0.15, 0.2) is 30.3 Å². The number of nitrogens with zero attached hydrogens (tertiary/aromatic N) is 5. The number of aryl methyl sites for hydroxylation is 1. The minimum Gasteiger partial charge on any atom is -0.378 e. The van der Waals surface area contributed by atoms with Crippen LogP contribution in [0.25, 0.3) is 0 Å². The molecule has 0 spiro atoms. The fourth-order valence-corrected chi connectivity index (χ4v) is 2.47. The Labute approximate surface area is 128 Å². The number of morpholine rings is 1. The van der Waals surface area contributed by atoms with Gasteiger partial charge in [0.25, 0.3) is 0 Å². The van der Waals surface area contributed by atoms with E-state index in [1.165, 1.54) is 0 Å². The second-order valence-electron chi connectivity index (χ2n) is 5.23. The largest absolute Gasteiger partial charge is 0.378 e. The fraction of sp³-hybridized carbons (Fsp3) is 0.467. The molecule has 1 saturated heterocycles. The molecule has 7 heteroatoms. The van der Waals surface area contributed by atoms with Gasteiger partial charge in [-0.15, -0.1) is 5.10 Å². The zero-order chi connectivity index (χ0) is 15.2. The summed E-state index contributed by atoms with van der Waals surface area (Å²) in [5.74, 6) is 0.878. The minimum absolute atomic E-state index is 0.137. The third-order valence-corrected chi connectivity index (χ3v) is 3.71. The van der Waals surface area contributed by atoms with Gasteiger partial charge in [0, 0.05) is 25.9 Å². The van der Waals surface area contributed by atoms with E-state index >= 15 is 0 Å². The van der Waals surface area contributed by atoms with Crippen LogP contribution in [0.1, 0.15) is 17.8 Å². The quantitative estimate of drug-likeness (QED) is 0.804. The SMILES string of the molecule is O=C(CCc1nnnn1Cc1ccccc1)N1CCOCC1. The van der Waals surface area contributed by atoms with E-state index in [9.17, 15) is 4.79 Å². The van der Waals surface area contributed by atoms with Crippen molar-refractivity contribution in [1.82, 2.24) is 25.1 Å². The van der Waals surface area contributed by atoms with Gasteiger partial charge < -0.3 is 9.64 Å². The molecule has 0 bridgehead atoms. The fourth-order valence-electron chi connectivity index (χ4n) is 2.47. The van der Waals surface area contributed by atoms with Gasteiger partial charge in [-0.25, -0.2) is 4.68 Å². The molecular weight excluding hydrogens is 282 g/mol. The number of rotatable bonds is 5. The summed E-state index contributed by atoms with van der Waals surface area (Å²) in [7, 11) is 0. The Hall–Kier alpha value is -2.28. The predicted octanol–water partition coefficient (Wildman–Crippen LogP) is 0.513. The first-order chi connectivity index (χ1) is 10.8. The number of hydrogen-bond acceptors (Lipinski definition) is 5. The molecule has 1 fully saturated rings. The average Bonchev–Trinajstić information content (AvgIpc) is 3.01. The van der Waals surface area contributed by atoms with Crippen LogP contribution in [0.2, 0.25) is 0 Å². The summed E-state index contributed by atoms with van der Waals surface area (Å²) in [6, 6.07) is 10.0. The molecule has 1 aromatic heterocycles. The standard InChI is InChI=1S/C15H19N5O2/c21-15(19-8-10-22-11-9-19)7-6-14-16-17-18-20(14)12-13-4-2-1-3-5-13/h1-5H,6-12H2. The molecule has 0 atom stereocenters. The highest BCUT2D eigenvalue weighted by Gasteiger charge is 2.17. The van der Waals surface area contributed by atoms with Gasteiger partial charge in [-0.1, -0.05) is 30.3 Å². The zero-order valence-electron chi connectivity index (χ0n) is 12.4. The summed E-state index contributed by atoms with van der Waals surface area (Å²) in [6.07, 6.45) is 0.977.